The Morgan fingerprint density at radius 2 is 1.84 bits per heavy atom. The van der Waals surface area contributed by atoms with Gasteiger partial charge in [0.1, 0.15) is 29.4 Å². The predicted molar refractivity (Wildman–Crippen MR) is 108 cm³/mol. The summed E-state index contributed by atoms with van der Waals surface area (Å²) in [6, 6.07) is 7.80. The Morgan fingerprint density at radius 1 is 1.10 bits per heavy atom. The van der Waals surface area contributed by atoms with Crippen molar-refractivity contribution < 1.29 is 37.0 Å². The van der Waals surface area contributed by atoms with E-state index in [9.17, 15) is 18.0 Å². The van der Waals surface area contributed by atoms with Crippen LogP contribution in [-0.4, -0.2) is 17.4 Å². The molecule has 0 atom stereocenters. The summed E-state index contributed by atoms with van der Waals surface area (Å²) in [6.45, 7) is 5.61. The number of furan rings is 1. The van der Waals surface area contributed by atoms with E-state index in [0.717, 1.165) is 16.7 Å². The number of halogens is 3. The van der Waals surface area contributed by atoms with Gasteiger partial charge in [-0.2, -0.15) is 0 Å². The molecule has 0 aliphatic heterocycles. The highest BCUT2D eigenvalue weighted by atomic mass is 19.4. The number of alkyl halides is 3. The van der Waals surface area contributed by atoms with Crippen LogP contribution in [0.5, 0.6) is 11.5 Å². The molecule has 0 bridgehead atoms. The van der Waals surface area contributed by atoms with Crippen molar-refractivity contribution in [2.24, 2.45) is 0 Å². The molecule has 1 heterocycles. The lowest BCUT2D eigenvalue weighted by Crippen LogP contribution is -2.17. The number of hydrogen-bond acceptors (Lipinski definition) is 4. The average Bonchev–Trinajstić information content (AvgIpc) is 3.10. The molecule has 0 aliphatic carbocycles. The van der Waals surface area contributed by atoms with Crippen LogP contribution in [0.25, 0.3) is 11.0 Å². The van der Waals surface area contributed by atoms with Gasteiger partial charge in [0.15, 0.2) is 0 Å². The van der Waals surface area contributed by atoms with Crippen LogP contribution < -0.4 is 9.47 Å². The highest BCUT2D eigenvalue weighted by molar-refractivity contribution is 5.83. The fourth-order valence-electron chi connectivity index (χ4n) is 3.40. The van der Waals surface area contributed by atoms with Gasteiger partial charge in [-0.25, -0.2) is 0 Å². The normalized spacial score (nSPS) is 11.7. The van der Waals surface area contributed by atoms with Gasteiger partial charge in [0.25, 0.3) is 0 Å². The molecule has 0 saturated carbocycles. The zero-order valence-electron chi connectivity index (χ0n) is 17.4. The molecule has 0 saturated heterocycles. The third-order valence-corrected chi connectivity index (χ3v) is 5.14. The zero-order chi connectivity index (χ0) is 22.8. The molecule has 0 aliphatic rings. The maximum absolute atomic E-state index is 12.7. The van der Waals surface area contributed by atoms with Crippen LogP contribution in [-0.2, 0) is 24.2 Å². The molecule has 8 heteroatoms. The average molecular weight is 436 g/mol. The highest BCUT2D eigenvalue weighted by Crippen LogP contribution is 2.33. The first-order valence-corrected chi connectivity index (χ1v) is 9.82. The predicted octanol–water partition coefficient (Wildman–Crippen LogP) is 6.11. The minimum absolute atomic E-state index is 0.0169. The van der Waals surface area contributed by atoms with E-state index in [1.807, 2.05) is 26.8 Å². The number of ether oxygens (including phenoxy) is 2. The van der Waals surface area contributed by atoms with Crippen molar-refractivity contribution in [2.75, 3.05) is 0 Å². The number of benzene rings is 2. The summed E-state index contributed by atoms with van der Waals surface area (Å²) >= 11 is 0. The van der Waals surface area contributed by atoms with E-state index in [1.165, 1.54) is 12.1 Å². The molecular formula is C23H23F3O5. The molecule has 166 valence electrons. The first-order chi connectivity index (χ1) is 14.6. The van der Waals surface area contributed by atoms with Crippen molar-refractivity contribution in [3.05, 3.63) is 58.3 Å². The van der Waals surface area contributed by atoms with Crippen molar-refractivity contribution in [1.82, 2.24) is 0 Å². The van der Waals surface area contributed by atoms with Crippen LogP contribution in [0.15, 0.2) is 34.7 Å². The van der Waals surface area contributed by atoms with Crippen molar-refractivity contribution >= 4 is 16.9 Å². The second-order valence-electron chi connectivity index (χ2n) is 7.27. The Labute approximate surface area is 177 Å². The molecule has 0 radical (unpaired) electrons. The molecule has 1 aromatic heterocycles. The summed E-state index contributed by atoms with van der Waals surface area (Å²) in [7, 11) is 0. The molecule has 5 nitrogen and oxygen atoms in total. The van der Waals surface area contributed by atoms with Gasteiger partial charge in [-0.1, -0.05) is 13.0 Å². The SMILES string of the molecule is CCc1cc2cc(OC(F)(F)F)cc(COc3ccc(CCC(=O)O)c(C)c3C)c2o1. The summed E-state index contributed by atoms with van der Waals surface area (Å²) in [5, 5.41) is 9.39. The summed E-state index contributed by atoms with van der Waals surface area (Å²) in [5.74, 6) is 0.00980. The largest absolute Gasteiger partial charge is 0.573 e. The van der Waals surface area contributed by atoms with Crippen molar-refractivity contribution in [3.8, 4) is 11.5 Å². The van der Waals surface area contributed by atoms with E-state index in [2.05, 4.69) is 4.74 Å². The van der Waals surface area contributed by atoms with Gasteiger partial charge in [0.05, 0.1) is 0 Å². The Morgan fingerprint density at radius 3 is 2.48 bits per heavy atom. The monoisotopic (exact) mass is 436 g/mol. The molecule has 0 unspecified atom stereocenters. The Balaban J connectivity index is 1.88. The molecular weight excluding hydrogens is 413 g/mol. The smallest absolute Gasteiger partial charge is 0.488 e. The number of aryl methyl sites for hydroxylation is 2. The lowest BCUT2D eigenvalue weighted by molar-refractivity contribution is -0.274. The third-order valence-electron chi connectivity index (χ3n) is 5.14. The van der Waals surface area contributed by atoms with Crippen LogP contribution >= 0.6 is 0 Å². The molecule has 2 aromatic carbocycles. The number of carboxylic acids is 1. The first-order valence-electron chi connectivity index (χ1n) is 9.82. The van der Waals surface area contributed by atoms with Crippen molar-refractivity contribution in [1.29, 1.82) is 0 Å². The number of aliphatic carboxylic acids is 1. The van der Waals surface area contributed by atoms with Crippen LogP contribution in [0.1, 0.15) is 41.4 Å². The maximum Gasteiger partial charge on any atom is 0.573 e. The van der Waals surface area contributed by atoms with Crippen LogP contribution in [0.2, 0.25) is 0 Å². The van der Waals surface area contributed by atoms with Gasteiger partial charge >= 0.3 is 12.3 Å². The lowest BCUT2D eigenvalue weighted by Gasteiger charge is -2.15. The van der Waals surface area contributed by atoms with Gasteiger partial charge in [0.2, 0.25) is 0 Å². The quantitative estimate of drug-likeness (QED) is 0.462. The second-order valence-corrected chi connectivity index (χ2v) is 7.27. The fraction of sp³-hybridized carbons (Fsp3) is 0.348. The summed E-state index contributed by atoms with van der Waals surface area (Å²) in [6.07, 6.45) is -3.77. The third kappa shape index (κ3) is 5.51. The number of carbonyl (C=O) groups is 1. The number of carboxylic acid groups (broad SMARTS) is 1. The summed E-state index contributed by atoms with van der Waals surface area (Å²) < 4.78 is 54.0. The molecule has 1 N–H and O–H groups in total. The maximum atomic E-state index is 12.7. The van der Waals surface area contributed by atoms with Gasteiger partial charge in [-0.3, -0.25) is 4.79 Å². The van der Waals surface area contributed by atoms with E-state index < -0.39 is 12.3 Å². The van der Waals surface area contributed by atoms with Gasteiger partial charge in [-0.15, -0.1) is 13.2 Å². The van der Waals surface area contributed by atoms with Crippen molar-refractivity contribution in [3.63, 3.8) is 0 Å². The lowest BCUT2D eigenvalue weighted by atomic mass is 9.99. The van der Waals surface area contributed by atoms with Gasteiger partial charge < -0.3 is 19.0 Å². The van der Waals surface area contributed by atoms with E-state index in [0.29, 0.717) is 40.9 Å². The number of hydrogen-bond donors (Lipinski definition) is 1. The van der Waals surface area contributed by atoms with Gasteiger partial charge in [-0.05, 0) is 61.2 Å². The van der Waals surface area contributed by atoms with Gasteiger partial charge in [0, 0.05) is 23.8 Å². The minimum atomic E-state index is -4.80. The molecule has 0 spiro atoms. The molecule has 0 amide bonds. The first kappa shape index (κ1) is 22.5. The summed E-state index contributed by atoms with van der Waals surface area (Å²) in [5.41, 5.74) is 3.57. The molecule has 31 heavy (non-hydrogen) atoms. The number of rotatable bonds is 8. The van der Waals surface area contributed by atoms with Crippen LogP contribution in [0, 0.1) is 13.8 Å². The molecule has 0 fully saturated rings. The van der Waals surface area contributed by atoms with Crippen LogP contribution in [0.3, 0.4) is 0 Å². The fourth-order valence-corrected chi connectivity index (χ4v) is 3.40. The standard InChI is InChI=1S/C23H23F3O5/c1-4-18-9-16-10-19(31-23(24,25)26)11-17(22(16)30-18)12-29-20-7-5-15(6-8-21(27)28)13(2)14(20)3/h5,7,9-11H,4,6,8,12H2,1-3H3,(H,27,28). The Kier molecular flexibility index (Phi) is 6.48. The molecule has 3 aromatic rings. The zero-order valence-corrected chi connectivity index (χ0v) is 17.4. The topological polar surface area (TPSA) is 68.9 Å². The van der Waals surface area contributed by atoms with E-state index >= 15 is 0 Å². The van der Waals surface area contributed by atoms with E-state index in [-0.39, 0.29) is 18.8 Å². The highest BCUT2D eigenvalue weighted by Gasteiger charge is 2.31. The Bertz CT molecular complexity index is 1100. The van der Waals surface area contributed by atoms with E-state index in [4.69, 9.17) is 14.3 Å². The van der Waals surface area contributed by atoms with E-state index in [1.54, 1.807) is 12.1 Å². The van der Waals surface area contributed by atoms with Crippen LogP contribution in [0.4, 0.5) is 13.2 Å². The Hall–Kier alpha value is -3.16. The minimum Gasteiger partial charge on any atom is -0.488 e. The second kappa shape index (κ2) is 8.91. The number of fused-ring (bicyclic) bond motifs is 1. The van der Waals surface area contributed by atoms with Crippen molar-refractivity contribution in [2.45, 2.75) is 53.0 Å². The summed E-state index contributed by atoms with van der Waals surface area (Å²) in [4.78, 5) is 10.8. The molecule has 3 rings (SSSR count).